The minimum atomic E-state index is -0.835. The molecule has 152 valence electrons. The summed E-state index contributed by atoms with van der Waals surface area (Å²) < 4.78 is 13.5. The first kappa shape index (κ1) is 20.0. The second-order valence-electron chi connectivity index (χ2n) is 7.15. The SMILES string of the molecule is Cc1nc(C)c(C(=O)C2=C(O)C(=O)N(c3ccc(F)cc3)C2c2ccccc2C)s1. The number of amides is 1. The Kier molecular flexibility index (Phi) is 4.99. The highest BCUT2D eigenvalue weighted by Gasteiger charge is 2.45. The molecule has 3 aromatic rings. The van der Waals surface area contributed by atoms with Crippen LogP contribution in [0.15, 0.2) is 59.9 Å². The summed E-state index contributed by atoms with van der Waals surface area (Å²) in [6.45, 7) is 5.40. The van der Waals surface area contributed by atoms with Crippen molar-refractivity contribution in [3.63, 3.8) is 0 Å². The molecule has 1 amide bonds. The van der Waals surface area contributed by atoms with E-state index in [-0.39, 0.29) is 5.57 Å². The summed E-state index contributed by atoms with van der Waals surface area (Å²) in [5.41, 5.74) is 2.52. The van der Waals surface area contributed by atoms with E-state index in [4.69, 9.17) is 0 Å². The number of aliphatic hydroxyl groups is 1. The molecule has 0 saturated carbocycles. The average Bonchev–Trinajstić information content (AvgIpc) is 3.18. The molecule has 7 heteroatoms. The molecule has 30 heavy (non-hydrogen) atoms. The zero-order valence-corrected chi connectivity index (χ0v) is 17.5. The topological polar surface area (TPSA) is 70.5 Å². The van der Waals surface area contributed by atoms with E-state index in [0.717, 1.165) is 10.6 Å². The molecule has 1 aliphatic rings. The van der Waals surface area contributed by atoms with E-state index in [0.29, 0.717) is 21.8 Å². The largest absolute Gasteiger partial charge is 0.503 e. The average molecular weight is 422 g/mol. The van der Waals surface area contributed by atoms with Crippen LogP contribution >= 0.6 is 11.3 Å². The molecule has 2 heterocycles. The van der Waals surface area contributed by atoms with Gasteiger partial charge in [-0.25, -0.2) is 9.37 Å². The summed E-state index contributed by atoms with van der Waals surface area (Å²) in [4.78, 5) is 32.6. The van der Waals surface area contributed by atoms with Crippen LogP contribution < -0.4 is 4.90 Å². The summed E-state index contributed by atoms with van der Waals surface area (Å²) in [7, 11) is 0. The van der Waals surface area contributed by atoms with Gasteiger partial charge >= 0.3 is 0 Å². The van der Waals surface area contributed by atoms with Crippen LogP contribution in [0, 0.1) is 26.6 Å². The van der Waals surface area contributed by atoms with Gasteiger partial charge in [0.1, 0.15) is 5.82 Å². The fourth-order valence-electron chi connectivity index (χ4n) is 3.76. The molecular formula is C23H19FN2O3S. The molecule has 1 atom stereocenters. The first-order valence-corrected chi connectivity index (χ1v) is 10.2. The summed E-state index contributed by atoms with van der Waals surface area (Å²) in [6, 6.07) is 11.9. The number of halogens is 1. The van der Waals surface area contributed by atoms with Gasteiger partial charge in [-0.1, -0.05) is 24.3 Å². The van der Waals surface area contributed by atoms with Gasteiger partial charge in [0.05, 0.1) is 27.2 Å². The number of carbonyl (C=O) groups is 2. The lowest BCUT2D eigenvalue weighted by Crippen LogP contribution is -2.31. The smallest absolute Gasteiger partial charge is 0.294 e. The van der Waals surface area contributed by atoms with E-state index in [2.05, 4.69) is 4.98 Å². The fourth-order valence-corrected chi connectivity index (χ4v) is 4.63. The quantitative estimate of drug-likeness (QED) is 0.602. The molecule has 4 rings (SSSR count). The summed E-state index contributed by atoms with van der Waals surface area (Å²) >= 11 is 1.23. The lowest BCUT2D eigenvalue weighted by molar-refractivity contribution is -0.117. The van der Waals surface area contributed by atoms with Gasteiger partial charge in [0, 0.05) is 5.69 Å². The van der Waals surface area contributed by atoms with Crippen LogP contribution in [0.1, 0.15) is 37.5 Å². The fraction of sp³-hybridized carbons (Fsp3) is 0.174. The molecule has 0 fully saturated rings. The van der Waals surface area contributed by atoms with Crippen molar-refractivity contribution in [1.29, 1.82) is 0 Å². The predicted molar refractivity (Wildman–Crippen MR) is 113 cm³/mol. The van der Waals surface area contributed by atoms with Crippen molar-refractivity contribution in [2.75, 3.05) is 4.90 Å². The number of aryl methyl sites for hydroxylation is 3. The predicted octanol–water partition coefficient (Wildman–Crippen LogP) is 4.99. The number of aliphatic hydroxyl groups excluding tert-OH is 1. The van der Waals surface area contributed by atoms with E-state index in [1.165, 1.54) is 40.5 Å². The van der Waals surface area contributed by atoms with E-state index in [9.17, 15) is 19.1 Å². The molecule has 5 nitrogen and oxygen atoms in total. The maximum Gasteiger partial charge on any atom is 0.294 e. The second-order valence-corrected chi connectivity index (χ2v) is 8.35. The Morgan fingerprint density at radius 1 is 1.10 bits per heavy atom. The maximum atomic E-state index is 13.5. The summed E-state index contributed by atoms with van der Waals surface area (Å²) in [6.07, 6.45) is 0. The Balaban J connectivity index is 1.92. The Labute approximate surface area is 177 Å². The Morgan fingerprint density at radius 3 is 2.37 bits per heavy atom. The monoisotopic (exact) mass is 422 g/mol. The van der Waals surface area contributed by atoms with Crippen molar-refractivity contribution in [2.45, 2.75) is 26.8 Å². The third-order valence-corrected chi connectivity index (χ3v) is 6.22. The van der Waals surface area contributed by atoms with Gasteiger partial charge in [0.2, 0.25) is 5.78 Å². The first-order valence-electron chi connectivity index (χ1n) is 9.36. The van der Waals surface area contributed by atoms with Gasteiger partial charge in [0.15, 0.2) is 5.76 Å². The number of aromatic nitrogens is 1. The van der Waals surface area contributed by atoms with Crippen molar-refractivity contribution >= 4 is 28.7 Å². The minimum absolute atomic E-state index is 0.00498. The maximum absolute atomic E-state index is 13.5. The van der Waals surface area contributed by atoms with Gasteiger partial charge in [-0.3, -0.25) is 14.5 Å². The van der Waals surface area contributed by atoms with Gasteiger partial charge < -0.3 is 5.11 Å². The molecule has 0 bridgehead atoms. The van der Waals surface area contributed by atoms with Crippen molar-refractivity contribution in [2.24, 2.45) is 0 Å². The second kappa shape index (κ2) is 7.50. The van der Waals surface area contributed by atoms with Crippen LogP contribution in [0.4, 0.5) is 10.1 Å². The highest BCUT2D eigenvalue weighted by atomic mass is 32.1. The highest BCUT2D eigenvalue weighted by Crippen LogP contribution is 2.43. The Hall–Kier alpha value is -3.32. The molecule has 0 radical (unpaired) electrons. The van der Waals surface area contributed by atoms with Crippen LogP contribution in [-0.4, -0.2) is 21.8 Å². The number of benzene rings is 2. The lowest BCUT2D eigenvalue weighted by Gasteiger charge is -2.28. The first-order chi connectivity index (χ1) is 14.3. The van der Waals surface area contributed by atoms with E-state index < -0.39 is 29.3 Å². The van der Waals surface area contributed by atoms with Gasteiger partial charge in [-0.2, -0.15) is 0 Å². The number of anilines is 1. The molecule has 0 saturated heterocycles. The zero-order valence-electron chi connectivity index (χ0n) is 16.6. The molecule has 1 unspecified atom stereocenters. The summed E-state index contributed by atoms with van der Waals surface area (Å²) in [5, 5.41) is 11.5. The van der Waals surface area contributed by atoms with Gasteiger partial charge in [0.25, 0.3) is 5.91 Å². The summed E-state index contributed by atoms with van der Waals surface area (Å²) in [5.74, 6) is -2.16. The lowest BCUT2D eigenvalue weighted by atomic mass is 9.92. The van der Waals surface area contributed by atoms with Crippen LogP contribution in [-0.2, 0) is 4.79 Å². The van der Waals surface area contributed by atoms with Gasteiger partial charge in [-0.05, 0) is 56.2 Å². The minimum Gasteiger partial charge on any atom is -0.503 e. The third kappa shape index (κ3) is 3.21. The van der Waals surface area contributed by atoms with E-state index in [1.54, 1.807) is 13.8 Å². The van der Waals surface area contributed by atoms with Crippen molar-refractivity contribution in [1.82, 2.24) is 4.98 Å². The molecule has 1 N–H and O–H groups in total. The van der Waals surface area contributed by atoms with Crippen LogP contribution in [0.5, 0.6) is 0 Å². The van der Waals surface area contributed by atoms with Crippen LogP contribution in [0.25, 0.3) is 0 Å². The Morgan fingerprint density at radius 2 is 1.77 bits per heavy atom. The number of hydrogen-bond acceptors (Lipinski definition) is 5. The standard InChI is InChI=1S/C23H19FN2O3S/c1-12-6-4-5-7-17(12)19-18(20(27)22-13(2)25-14(3)30-22)21(28)23(29)26(19)16-10-8-15(24)9-11-16/h4-11,19,28H,1-3H3. The normalized spacial score (nSPS) is 16.5. The number of thiazole rings is 1. The number of hydrogen-bond donors (Lipinski definition) is 1. The molecule has 0 spiro atoms. The van der Waals surface area contributed by atoms with Crippen molar-refractivity contribution < 1.29 is 19.1 Å². The number of ketones is 1. The highest BCUT2D eigenvalue weighted by molar-refractivity contribution is 7.14. The molecular weight excluding hydrogens is 403 g/mol. The van der Waals surface area contributed by atoms with Crippen molar-refractivity contribution in [3.8, 4) is 0 Å². The number of rotatable bonds is 4. The third-order valence-electron chi connectivity index (χ3n) is 5.15. The zero-order chi connectivity index (χ0) is 21.6. The number of carbonyl (C=O) groups excluding carboxylic acids is 2. The van der Waals surface area contributed by atoms with E-state index in [1.807, 2.05) is 31.2 Å². The van der Waals surface area contributed by atoms with Crippen LogP contribution in [0.3, 0.4) is 0 Å². The molecule has 0 aliphatic carbocycles. The molecule has 2 aromatic carbocycles. The number of Topliss-reactive ketones (excluding diaryl/α,β-unsaturated/α-hetero) is 1. The van der Waals surface area contributed by atoms with Crippen molar-refractivity contribution in [3.05, 3.63) is 92.4 Å². The van der Waals surface area contributed by atoms with E-state index >= 15 is 0 Å². The van der Waals surface area contributed by atoms with Gasteiger partial charge in [-0.15, -0.1) is 11.3 Å². The molecule has 1 aromatic heterocycles. The molecule has 1 aliphatic heterocycles. The number of nitrogens with zero attached hydrogens (tertiary/aromatic N) is 2. The Bertz CT molecular complexity index is 1200. The van der Waals surface area contributed by atoms with Crippen LogP contribution in [0.2, 0.25) is 0 Å².